The summed E-state index contributed by atoms with van der Waals surface area (Å²) in [5, 5.41) is 0. The lowest BCUT2D eigenvalue weighted by atomic mass is 9.28. The predicted molar refractivity (Wildman–Crippen MR) is 333 cm³/mol. The number of nitrogens with zero attached hydrogens (tertiary/aromatic N) is 1. The molecule has 0 radical (unpaired) electrons. The molecule has 2 heteroatoms. The largest absolute Gasteiger partial charge is 0.310 e. The maximum Gasteiger partial charge on any atom is 0.242 e. The molecule has 78 heavy (non-hydrogen) atoms. The summed E-state index contributed by atoms with van der Waals surface area (Å²) in [4.78, 5) is 2.63. The van der Waals surface area contributed by atoms with Gasteiger partial charge in [0.15, 0.2) is 0 Å². The van der Waals surface area contributed by atoms with Crippen LogP contribution in [0.3, 0.4) is 0 Å². The van der Waals surface area contributed by atoms with Gasteiger partial charge in [0.25, 0.3) is 0 Å². The Morgan fingerprint density at radius 2 is 1.15 bits per heavy atom. The van der Waals surface area contributed by atoms with Crippen molar-refractivity contribution in [1.82, 2.24) is 0 Å². The minimum absolute atomic E-state index is 0.00173. The van der Waals surface area contributed by atoms with Gasteiger partial charge in [-0.1, -0.05) is 239 Å². The van der Waals surface area contributed by atoms with Gasteiger partial charge in [-0.15, -0.1) is 0 Å². The first-order valence-electron chi connectivity index (χ1n) is 29.9. The lowest BCUT2D eigenvalue weighted by Gasteiger charge is -2.50. The van der Waals surface area contributed by atoms with E-state index < -0.39 is 0 Å². The Balaban J connectivity index is 1.10. The van der Waals surface area contributed by atoms with Gasteiger partial charge >= 0.3 is 0 Å². The standard InChI is InChI=1S/C76H80BN/c1-46-38-59-67(57-45-62-61(73(8,9)36-37-74(62,10)11)44-55(57)47-22-15-14-16-23-47)58-43-52(78(51-30-28-49(29-31-51)71(2,3)4)66-27-21-26-54-53-25-18-17-24-48(53)40-56(54)66)32-33-64(58)77-65-42-50(72(5,6)7)41-63-68(65)69(60(39-46)70(59)77)76(13)35-20-19-34-75(63,76)12/h14-18,21-33,38-39,41-45,67,69H,19-20,34-37,40H2,1-13H3. The van der Waals surface area contributed by atoms with E-state index in [1.807, 2.05) is 0 Å². The average molecular weight is 1020 g/mol. The van der Waals surface area contributed by atoms with Crippen molar-refractivity contribution in [3.05, 3.63) is 224 Å². The lowest BCUT2D eigenvalue weighted by molar-refractivity contribution is 0.0925. The molecule has 0 bridgehead atoms. The smallest absolute Gasteiger partial charge is 0.242 e. The maximum absolute atomic E-state index is 2.75. The van der Waals surface area contributed by atoms with E-state index in [1.165, 1.54) is 139 Å². The van der Waals surface area contributed by atoms with Gasteiger partial charge in [0, 0.05) is 29.6 Å². The third-order valence-electron chi connectivity index (χ3n) is 21.5. The van der Waals surface area contributed by atoms with Crippen LogP contribution >= 0.6 is 0 Å². The van der Waals surface area contributed by atoms with E-state index in [1.54, 1.807) is 27.6 Å². The minimum Gasteiger partial charge on any atom is -0.310 e. The zero-order valence-corrected chi connectivity index (χ0v) is 49.1. The Bertz CT molecular complexity index is 3800. The molecule has 0 aromatic heterocycles. The zero-order chi connectivity index (χ0) is 54.2. The second-order valence-electron chi connectivity index (χ2n) is 29.1. The number of rotatable bonds is 5. The fraction of sp³-hybridized carbons (Fsp3) is 0.368. The summed E-state index contributed by atoms with van der Waals surface area (Å²) in [6.07, 6.45) is 8.39. The molecule has 392 valence electrons. The highest BCUT2D eigenvalue weighted by atomic mass is 15.1. The summed E-state index contributed by atoms with van der Waals surface area (Å²) in [7, 11) is 0. The number of aryl methyl sites for hydroxylation is 1. The molecular formula is C76H80BN. The van der Waals surface area contributed by atoms with Crippen molar-refractivity contribution < 1.29 is 0 Å². The summed E-state index contributed by atoms with van der Waals surface area (Å²) in [5.74, 6) is 0.335. The first-order valence-corrected chi connectivity index (χ1v) is 29.9. The molecule has 14 rings (SSSR count). The Morgan fingerprint density at radius 1 is 0.500 bits per heavy atom. The fourth-order valence-electron chi connectivity index (χ4n) is 16.9. The highest BCUT2D eigenvalue weighted by Crippen LogP contribution is 2.68. The quantitative estimate of drug-likeness (QED) is 0.155. The molecule has 6 aliphatic rings. The van der Waals surface area contributed by atoms with Gasteiger partial charge in [0.05, 0.1) is 5.69 Å². The summed E-state index contributed by atoms with van der Waals surface area (Å²) >= 11 is 0. The topological polar surface area (TPSA) is 3.24 Å². The van der Waals surface area contributed by atoms with Crippen LogP contribution in [0.25, 0.3) is 22.3 Å². The van der Waals surface area contributed by atoms with Crippen LogP contribution in [0.2, 0.25) is 0 Å². The SMILES string of the molecule is Cc1cc2c3c(c1)C1c4c(cc(C(C)(C)C)cc4C4(C)CCCCC14C)B3c1ccc(N(c3ccc(C(C)(C)C)cc3)c3cccc4c3Cc3ccccc3-4)cc1C2c1cc2c(cc1-c1ccccc1)C(C)(C)CCC2(C)C. The van der Waals surface area contributed by atoms with E-state index in [9.17, 15) is 0 Å². The highest BCUT2D eigenvalue weighted by Gasteiger charge is 2.62. The van der Waals surface area contributed by atoms with Crippen LogP contribution in [0, 0.1) is 12.3 Å². The van der Waals surface area contributed by atoms with Crippen LogP contribution in [-0.4, -0.2) is 6.71 Å². The van der Waals surface area contributed by atoms with Crippen molar-refractivity contribution in [2.45, 2.75) is 174 Å². The van der Waals surface area contributed by atoms with Crippen LogP contribution in [0.5, 0.6) is 0 Å². The van der Waals surface area contributed by atoms with Crippen LogP contribution in [0.4, 0.5) is 17.1 Å². The van der Waals surface area contributed by atoms with Crippen molar-refractivity contribution in [3.8, 4) is 22.3 Å². The van der Waals surface area contributed by atoms with Gasteiger partial charge in [-0.25, -0.2) is 0 Å². The van der Waals surface area contributed by atoms with Crippen LogP contribution in [0.1, 0.15) is 206 Å². The molecule has 8 aromatic rings. The Hall–Kier alpha value is -6.38. The summed E-state index contributed by atoms with van der Waals surface area (Å²) < 4.78 is 0. The molecule has 0 amide bonds. The molecule has 1 saturated carbocycles. The molecule has 2 heterocycles. The van der Waals surface area contributed by atoms with Crippen molar-refractivity contribution in [3.63, 3.8) is 0 Å². The van der Waals surface area contributed by atoms with Crippen LogP contribution in [0.15, 0.2) is 152 Å². The van der Waals surface area contributed by atoms with Gasteiger partial charge in [-0.05, 0) is 184 Å². The molecule has 1 fully saturated rings. The molecule has 0 spiro atoms. The molecule has 1 nitrogen and oxygen atoms in total. The normalized spacial score (nSPS) is 22.6. The number of benzene rings is 8. The van der Waals surface area contributed by atoms with E-state index in [-0.39, 0.29) is 45.1 Å². The minimum atomic E-state index is -0.0131. The highest BCUT2D eigenvalue weighted by molar-refractivity contribution is 6.97. The number of hydrogen-bond acceptors (Lipinski definition) is 1. The Kier molecular flexibility index (Phi) is 10.8. The predicted octanol–water partition coefficient (Wildman–Crippen LogP) is 18.0. The zero-order valence-electron chi connectivity index (χ0n) is 49.1. The molecule has 2 aliphatic heterocycles. The molecule has 4 aliphatic carbocycles. The van der Waals surface area contributed by atoms with Crippen molar-refractivity contribution in [2.75, 3.05) is 4.90 Å². The van der Waals surface area contributed by atoms with Crippen LogP contribution < -0.4 is 21.3 Å². The first-order chi connectivity index (χ1) is 37.1. The Labute approximate surface area is 468 Å². The summed E-state index contributed by atoms with van der Waals surface area (Å²) in [6, 6.07) is 61.2. The molecule has 4 unspecified atom stereocenters. The summed E-state index contributed by atoms with van der Waals surface area (Å²) in [5.41, 5.74) is 33.5. The molecule has 8 aromatic carbocycles. The third kappa shape index (κ3) is 7.12. The lowest BCUT2D eigenvalue weighted by Crippen LogP contribution is -2.63. The maximum atomic E-state index is 2.75. The second kappa shape index (κ2) is 16.8. The third-order valence-corrected chi connectivity index (χ3v) is 21.5. The number of fused-ring (bicyclic) bond motifs is 11. The Morgan fingerprint density at radius 3 is 1.88 bits per heavy atom. The molecule has 0 saturated heterocycles. The van der Waals surface area contributed by atoms with Crippen molar-refractivity contribution in [1.29, 1.82) is 0 Å². The van der Waals surface area contributed by atoms with E-state index in [0.717, 1.165) is 6.42 Å². The van der Waals surface area contributed by atoms with Crippen LogP contribution in [-0.2, 0) is 33.5 Å². The summed E-state index contributed by atoms with van der Waals surface area (Å²) in [6.45, 7) is 32.3. The number of anilines is 3. The average Bonchev–Trinajstić information content (AvgIpc) is 2.50. The van der Waals surface area contributed by atoms with E-state index in [4.69, 9.17) is 0 Å². The van der Waals surface area contributed by atoms with E-state index in [2.05, 4.69) is 247 Å². The van der Waals surface area contributed by atoms with Crippen molar-refractivity contribution >= 4 is 40.2 Å². The van der Waals surface area contributed by atoms with Gasteiger partial charge < -0.3 is 4.90 Å². The van der Waals surface area contributed by atoms with Gasteiger partial charge in [-0.2, -0.15) is 0 Å². The van der Waals surface area contributed by atoms with Gasteiger partial charge in [0.1, 0.15) is 0 Å². The fourth-order valence-corrected chi connectivity index (χ4v) is 16.9. The monoisotopic (exact) mass is 1020 g/mol. The molecule has 0 N–H and O–H groups in total. The second-order valence-corrected chi connectivity index (χ2v) is 29.1. The molecular weight excluding hydrogens is 938 g/mol. The van der Waals surface area contributed by atoms with E-state index in [0.29, 0.717) is 5.92 Å². The van der Waals surface area contributed by atoms with Crippen molar-refractivity contribution in [2.24, 2.45) is 5.41 Å². The first kappa shape index (κ1) is 49.9. The number of hydrogen-bond donors (Lipinski definition) is 0. The molecule has 4 atom stereocenters. The van der Waals surface area contributed by atoms with E-state index >= 15 is 0 Å². The van der Waals surface area contributed by atoms with Gasteiger partial charge in [-0.3, -0.25) is 0 Å². The van der Waals surface area contributed by atoms with Gasteiger partial charge in [0.2, 0.25) is 6.71 Å².